The number of amides is 4. The zero-order valence-electron chi connectivity index (χ0n) is 15.1. The van der Waals surface area contributed by atoms with Crippen LogP contribution in [0.5, 0.6) is 0 Å². The summed E-state index contributed by atoms with van der Waals surface area (Å²) in [7, 11) is 0. The van der Waals surface area contributed by atoms with E-state index in [2.05, 4.69) is 16.0 Å². The Hall–Kier alpha value is -3.42. The molecule has 0 heterocycles. The molecule has 28 heavy (non-hydrogen) atoms. The van der Waals surface area contributed by atoms with Crippen molar-refractivity contribution in [2.24, 2.45) is 22.9 Å². The van der Waals surface area contributed by atoms with Gasteiger partial charge in [0.25, 0.3) is 0 Å². The van der Waals surface area contributed by atoms with Crippen LogP contribution in [0.4, 0.5) is 0 Å². The van der Waals surface area contributed by atoms with Crippen LogP contribution in [0, 0.1) is 5.41 Å². The summed E-state index contributed by atoms with van der Waals surface area (Å²) < 4.78 is 0. The van der Waals surface area contributed by atoms with Crippen molar-refractivity contribution in [2.45, 2.75) is 43.8 Å². The van der Waals surface area contributed by atoms with Gasteiger partial charge in [-0.3, -0.25) is 24.6 Å². The third-order valence-electron chi connectivity index (χ3n) is 3.40. The minimum atomic E-state index is -1.58. The molecule has 13 N–H and O–H groups in total. The molecule has 0 fully saturated rings. The summed E-state index contributed by atoms with van der Waals surface area (Å²) in [5.41, 5.74) is 20.6. The van der Waals surface area contributed by atoms with E-state index >= 15 is 0 Å². The van der Waals surface area contributed by atoms with Crippen LogP contribution >= 0.6 is 0 Å². The zero-order valence-corrected chi connectivity index (χ0v) is 15.1. The highest BCUT2D eigenvalue weighted by molar-refractivity contribution is 5.94. The fraction of sp³-hybridized carbons (Fsp3) is 0.571. The Morgan fingerprint density at radius 2 is 1.43 bits per heavy atom. The molecule has 0 aromatic rings. The van der Waals surface area contributed by atoms with Crippen LogP contribution in [0.1, 0.15) is 25.7 Å². The third kappa shape index (κ3) is 10.5. The smallest absolute Gasteiger partial charge is 0.326 e. The van der Waals surface area contributed by atoms with Gasteiger partial charge in [-0.15, -0.1) is 0 Å². The molecule has 4 amide bonds. The normalized spacial score (nSPS) is 13.5. The number of rotatable bonds is 13. The fourth-order valence-corrected chi connectivity index (χ4v) is 2.06. The number of primary amides is 2. The molecular formula is C14H26N8O6. The van der Waals surface area contributed by atoms with E-state index in [0.29, 0.717) is 0 Å². The Morgan fingerprint density at radius 1 is 0.893 bits per heavy atom. The van der Waals surface area contributed by atoms with E-state index in [-0.39, 0.29) is 25.3 Å². The number of nitrogens with one attached hydrogen (secondary N) is 4. The number of carboxylic acid groups (broad SMARTS) is 1. The first kappa shape index (κ1) is 24.6. The topological polar surface area (TPSA) is 270 Å². The molecule has 0 saturated carbocycles. The molecular weight excluding hydrogens is 376 g/mol. The van der Waals surface area contributed by atoms with Crippen molar-refractivity contribution in [1.29, 1.82) is 5.41 Å². The molecule has 0 aromatic carbocycles. The van der Waals surface area contributed by atoms with E-state index in [1.165, 1.54) is 0 Å². The highest BCUT2D eigenvalue weighted by atomic mass is 16.4. The molecule has 0 saturated heterocycles. The maximum absolute atomic E-state index is 12.4. The predicted octanol–water partition coefficient (Wildman–Crippen LogP) is -4.62. The lowest BCUT2D eigenvalue weighted by molar-refractivity contribution is -0.143. The van der Waals surface area contributed by atoms with Crippen LogP contribution in [0.25, 0.3) is 0 Å². The van der Waals surface area contributed by atoms with Gasteiger partial charge in [0.2, 0.25) is 23.6 Å². The van der Waals surface area contributed by atoms with Crippen molar-refractivity contribution in [1.82, 2.24) is 16.0 Å². The van der Waals surface area contributed by atoms with Crippen molar-refractivity contribution >= 4 is 35.6 Å². The highest BCUT2D eigenvalue weighted by Crippen LogP contribution is 2.02. The summed E-state index contributed by atoms with van der Waals surface area (Å²) in [6.45, 7) is 0.200. The number of carbonyl (C=O) groups excluding carboxylic acids is 4. The monoisotopic (exact) mass is 402 g/mol. The lowest BCUT2D eigenvalue weighted by Crippen LogP contribution is -2.55. The lowest BCUT2D eigenvalue weighted by atomic mass is 10.1. The van der Waals surface area contributed by atoms with Crippen LogP contribution in [-0.4, -0.2) is 65.3 Å². The molecule has 0 unspecified atom stereocenters. The van der Waals surface area contributed by atoms with Crippen molar-refractivity contribution in [3.63, 3.8) is 0 Å². The van der Waals surface area contributed by atoms with Gasteiger partial charge in [-0.1, -0.05) is 0 Å². The maximum atomic E-state index is 12.4. The molecule has 0 aliphatic rings. The first-order valence-corrected chi connectivity index (χ1v) is 8.17. The van der Waals surface area contributed by atoms with E-state index in [4.69, 9.17) is 33.5 Å². The van der Waals surface area contributed by atoms with Gasteiger partial charge in [0, 0.05) is 6.54 Å². The summed E-state index contributed by atoms with van der Waals surface area (Å²) in [6, 6.07) is -4.11. The Balaban J connectivity index is 5.11. The molecule has 0 radical (unpaired) electrons. The second-order valence-corrected chi connectivity index (χ2v) is 5.89. The van der Waals surface area contributed by atoms with Crippen molar-refractivity contribution in [2.75, 3.05) is 6.54 Å². The first-order valence-electron chi connectivity index (χ1n) is 8.17. The van der Waals surface area contributed by atoms with Gasteiger partial charge in [-0.2, -0.15) is 0 Å². The van der Waals surface area contributed by atoms with Gasteiger partial charge in [0.05, 0.1) is 18.9 Å². The average molecular weight is 402 g/mol. The molecule has 0 aliphatic carbocycles. The maximum Gasteiger partial charge on any atom is 0.326 e. The summed E-state index contributed by atoms with van der Waals surface area (Å²) >= 11 is 0. The largest absolute Gasteiger partial charge is 0.480 e. The van der Waals surface area contributed by atoms with Crippen LogP contribution in [0.15, 0.2) is 0 Å². The Labute approximate surface area is 160 Å². The average Bonchev–Trinajstić information content (AvgIpc) is 2.55. The first-order chi connectivity index (χ1) is 12.9. The van der Waals surface area contributed by atoms with Gasteiger partial charge in [-0.25, -0.2) is 4.79 Å². The number of nitrogens with two attached hydrogens (primary N) is 4. The van der Waals surface area contributed by atoms with Gasteiger partial charge in [0.15, 0.2) is 5.96 Å². The summed E-state index contributed by atoms with van der Waals surface area (Å²) in [5.74, 6) is -5.28. The lowest BCUT2D eigenvalue weighted by Gasteiger charge is -2.22. The van der Waals surface area contributed by atoms with E-state index in [9.17, 15) is 24.0 Å². The second-order valence-electron chi connectivity index (χ2n) is 5.89. The second kappa shape index (κ2) is 12.1. The predicted molar refractivity (Wildman–Crippen MR) is 96.2 cm³/mol. The molecule has 0 spiro atoms. The number of hydrogen-bond acceptors (Lipinski definition) is 7. The van der Waals surface area contributed by atoms with E-state index in [1.54, 1.807) is 0 Å². The van der Waals surface area contributed by atoms with E-state index < -0.39 is 60.6 Å². The Kier molecular flexibility index (Phi) is 10.6. The molecule has 0 aromatic heterocycles. The number of hydrogen-bond donors (Lipinski definition) is 9. The van der Waals surface area contributed by atoms with Gasteiger partial charge in [0.1, 0.15) is 12.1 Å². The quantitative estimate of drug-likeness (QED) is 0.0812. The van der Waals surface area contributed by atoms with Gasteiger partial charge >= 0.3 is 5.97 Å². The molecule has 14 nitrogen and oxygen atoms in total. The molecule has 3 atom stereocenters. The third-order valence-corrected chi connectivity index (χ3v) is 3.40. The minimum Gasteiger partial charge on any atom is -0.480 e. The van der Waals surface area contributed by atoms with Crippen LogP contribution in [-0.2, 0) is 24.0 Å². The van der Waals surface area contributed by atoms with E-state index in [0.717, 1.165) is 0 Å². The Morgan fingerprint density at radius 3 is 1.89 bits per heavy atom. The summed E-state index contributed by atoms with van der Waals surface area (Å²) in [5, 5.41) is 23.0. The summed E-state index contributed by atoms with van der Waals surface area (Å²) in [4.78, 5) is 57.4. The molecule has 14 heteroatoms. The van der Waals surface area contributed by atoms with Gasteiger partial charge < -0.3 is 44.0 Å². The molecule has 0 rings (SSSR count). The Bertz CT molecular complexity index is 625. The SMILES string of the molecule is N=C(N)NCCC[C@H](NC(=O)[C@@H](N)CC(N)=O)C(=O)N[C@@H](CC(N)=O)C(=O)O. The number of guanidine groups is 1. The molecule has 0 aliphatic heterocycles. The van der Waals surface area contributed by atoms with Crippen LogP contribution in [0.3, 0.4) is 0 Å². The van der Waals surface area contributed by atoms with Crippen LogP contribution < -0.4 is 38.9 Å². The van der Waals surface area contributed by atoms with Crippen molar-refractivity contribution in [3.05, 3.63) is 0 Å². The van der Waals surface area contributed by atoms with E-state index in [1.807, 2.05) is 0 Å². The van der Waals surface area contributed by atoms with Crippen molar-refractivity contribution < 1.29 is 29.1 Å². The molecule has 0 bridgehead atoms. The molecule has 158 valence electrons. The minimum absolute atomic E-state index is 0.0179. The fourth-order valence-electron chi connectivity index (χ4n) is 2.06. The highest BCUT2D eigenvalue weighted by Gasteiger charge is 2.29. The number of carboxylic acids is 1. The van der Waals surface area contributed by atoms with Crippen molar-refractivity contribution in [3.8, 4) is 0 Å². The van der Waals surface area contributed by atoms with Gasteiger partial charge in [-0.05, 0) is 12.8 Å². The number of carbonyl (C=O) groups is 5. The zero-order chi connectivity index (χ0) is 21.9. The van der Waals surface area contributed by atoms with Crippen LogP contribution in [0.2, 0.25) is 0 Å². The number of aliphatic carboxylic acids is 1. The summed E-state index contributed by atoms with van der Waals surface area (Å²) in [6.07, 6.45) is -0.819. The standard InChI is InChI=1S/C14H26N8O6/c15-6(4-9(16)23)11(25)21-7(2-1-3-20-14(18)19)12(26)22-8(13(27)28)5-10(17)24/h6-8H,1-5,15H2,(H2,16,23)(H2,17,24)(H,21,25)(H,22,26)(H,27,28)(H4,18,19,20)/t6-,7-,8-/m0/s1.